The highest BCUT2D eigenvalue weighted by molar-refractivity contribution is 6.88. The van der Waals surface area contributed by atoms with Crippen LogP contribution in [0.3, 0.4) is 0 Å². The molecule has 19 heavy (non-hydrogen) atoms. The van der Waals surface area contributed by atoms with Gasteiger partial charge in [0.15, 0.2) is 5.76 Å². The summed E-state index contributed by atoms with van der Waals surface area (Å²) in [5.41, 5.74) is 9.44. The van der Waals surface area contributed by atoms with E-state index in [9.17, 15) is 4.79 Å². The van der Waals surface area contributed by atoms with Crippen molar-refractivity contribution in [1.29, 1.82) is 0 Å². The number of nitrogens with two attached hydrogens (primary N) is 1. The van der Waals surface area contributed by atoms with E-state index >= 15 is 0 Å². The minimum absolute atomic E-state index is 0.0534. The van der Waals surface area contributed by atoms with Crippen LogP contribution in [0.5, 0.6) is 0 Å². The number of furan rings is 1. The van der Waals surface area contributed by atoms with Gasteiger partial charge in [0, 0.05) is 11.5 Å². The fourth-order valence-corrected chi connectivity index (χ4v) is 2.86. The smallest absolute Gasteiger partial charge is 0.227 e. The summed E-state index contributed by atoms with van der Waals surface area (Å²) in [6.07, 6.45) is 0. The molecule has 0 bridgehead atoms. The van der Waals surface area contributed by atoms with Crippen molar-refractivity contribution in [2.24, 2.45) is 0 Å². The third kappa shape index (κ3) is 1.56. The zero-order chi connectivity index (χ0) is 13.7. The Morgan fingerprint density at radius 3 is 2.63 bits per heavy atom. The molecule has 3 rings (SSSR count). The molecule has 0 amide bonds. The second-order valence-electron chi connectivity index (χ2n) is 5.42. The average Bonchev–Trinajstić information content (AvgIpc) is 2.74. The van der Waals surface area contributed by atoms with Crippen LogP contribution in [0.1, 0.15) is 41.6 Å². The van der Waals surface area contributed by atoms with E-state index in [1.807, 2.05) is 38.1 Å². The number of nitrogen functional groups attached to an aromatic ring is 1. The van der Waals surface area contributed by atoms with Gasteiger partial charge in [0.2, 0.25) is 12.5 Å². The summed E-state index contributed by atoms with van der Waals surface area (Å²) >= 11 is 0. The standard InChI is InChI=1S/C15H16BNO2/c1-8(2)14-12(17)11-15(19-14)13(18)9-6-4-5-7-10(9)16(11)3/h4-8H,17H2,1-3H3. The number of benzene rings is 1. The van der Waals surface area contributed by atoms with Gasteiger partial charge < -0.3 is 10.2 Å². The minimum atomic E-state index is -0.0534. The van der Waals surface area contributed by atoms with Gasteiger partial charge >= 0.3 is 0 Å². The molecule has 0 spiro atoms. The molecule has 1 aliphatic rings. The molecule has 2 heterocycles. The van der Waals surface area contributed by atoms with Crippen molar-refractivity contribution in [3.05, 3.63) is 41.3 Å². The van der Waals surface area contributed by atoms with E-state index in [0.29, 0.717) is 11.4 Å². The Morgan fingerprint density at radius 2 is 1.95 bits per heavy atom. The fourth-order valence-electron chi connectivity index (χ4n) is 2.86. The molecule has 3 nitrogen and oxygen atoms in total. The van der Waals surface area contributed by atoms with E-state index in [4.69, 9.17) is 10.2 Å². The molecule has 0 saturated heterocycles. The Labute approximate surface area is 112 Å². The normalized spacial score (nSPS) is 13.7. The van der Waals surface area contributed by atoms with Crippen LogP contribution in [0.15, 0.2) is 28.7 Å². The number of fused-ring (bicyclic) bond motifs is 2. The summed E-state index contributed by atoms with van der Waals surface area (Å²) in [4.78, 5) is 12.5. The first-order valence-corrected chi connectivity index (χ1v) is 6.58. The van der Waals surface area contributed by atoms with Gasteiger partial charge in [-0.1, -0.05) is 50.4 Å². The van der Waals surface area contributed by atoms with Crippen LogP contribution in [0.25, 0.3) is 0 Å². The van der Waals surface area contributed by atoms with Crippen LogP contribution in [0, 0.1) is 0 Å². The first kappa shape index (κ1) is 12.1. The number of hydrogen-bond acceptors (Lipinski definition) is 3. The predicted molar refractivity (Wildman–Crippen MR) is 78.0 cm³/mol. The molecule has 0 unspecified atom stereocenters. The lowest BCUT2D eigenvalue weighted by Gasteiger charge is -2.18. The molecule has 0 radical (unpaired) electrons. The lowest BCUT2D eigenvalue weighted by molar-refractivity contribution is 0.101. The van der Waals surface area contributed by atoms with Gasteiger partial charge in [0.25, 0.3) is 0 Å². The van der Waals surface area contributed by atoms with Crippen LogP contribution in [-0.2, 0) is 0 Å². The maximum Gasteiger partial charge on any atom is 0.227 e. The van der Waals surface area contributed by atoms with E-state index in [0.717, 1.165) is 22.2 Å². The molecule has 0 atom stereocenters. The van der Waals surface area contributed by atoms with Gasteiger partial charge in [0.1, 0.15) is 5.76 Å². The van der Waals surface area contributed by atoms with Crippen molar-refractivity contribution in [3.63, 3.8) is 0 Å². The topological polar surface area (TPSA) is 56.2 Å². The number of carbonyl (C=O) groups excluding carboxylic acids is 1. The number of rotatable bonds is 1. The van der Waals surface area contributed by atoms with E-state index in [1.54, 1.807) is 0 Å². The number of hydrogen-bond donors (Lipinski definition) is 1. The van der Waals surface area contributed by atoms with Gasteiger partial charge in [-0.25, -0.2) is 0 Å². The summed E-state index contributed by atoms with van der Waals surface area (Å²) in [5.74, 6) is 1.27. The quantitative estimate of drug-likeness (QED) is 0.788. The van der Waals surface area contributed by atoms with Gasteiger partial charge in [0.05, 0.1) is 5.69 Å². The molecule has 1 aliphatic heterocycles. The van der Waals surface area contributed by atoms with E-state index < -0.39 is 0 Å². The zero-order valence-corrected chi connectivity index (χ0v) is 11.4. The Balaban J connectivity index is 2.27. The van der Waals surface area contributed by atoms with Crippen molar-refractivity contribution in [3.8, 4) is 0 Å². The molecule has 4 heteroatoms. The van der Waals surface area contributed by atoms with Gasteiger partial charge in [-0.3, -0.25) is 4.79 Å². The highest BCUT2D eigenvalue weighted by atomic mass is 16.4. The number of anilines is 1. The molecule has 1 aromatic heterocycles. The maximum atomic E-state index is 12.5. The van der Waals surface area contributed by atoms with Gasteiger partial charge in [-0.2, -0.15) is 0 Å². The molecular formula is C15H16BNO2. The Bertz CT molecular complexity index is 673. The van der Waals surface area contributed by atoms with Crippen LogP contribution in [-0.4, -0.2) is 12.5 Å². The summed E-state index contributed by atoms with van der Waals surface area (Å²) in [6, 6.07) is 7.67. The molecule has 1 aromatic carbocycles. The first-order valence-electron chi connectivity index (χ1n) is 6.58. The third-order valence-corrected chi connectivity index (χ3v) is 3.85. The lowest BCUT2D eigenvalue weighted by atomic mass is 9.39. The third-order valence-electron chi connectivity index (χ3n) is 3.85. The summed E-state index contributed by atoms with van der Waals surface area (Å²) in [7, 11) is 0. The van der Waals surface area contributed by atoms with Gasteiger partial charge in [-0.05, 0) is 5.46 Å². The highest BCUT2D eigenvalue weighted by Gasteiger charge is 2.37. The van der Waals surface area contributed by atoms with Gasteiger partial charge in [-0.15, -0.1) is 0 Å². The zero-order valence-electron chi connectivity index (χ0n) is 11.4. The molecule has 96 valence electrons. The minimum Gasteiger partial charge on any atom is -0.456 e. The number of ketones is 1. The van der Waals surface area contributed by atoms with Crippen molar-refractivity contribution in [2.75, 3.05) is 5.73 Å². The Kier molecular flexibility index (Phi) is 2.56. The van der Waals surface area contributed by atoms with E-state index in [1.165, 1.54) is 0 Å². The molecule has 0 aliphatic carbocycles. The fraction of sp³-hybridized carbons (Fsp3) is 0.267. The summed E-state index contributed by atoms with van der Waals surface area (Å²) in [5, 5.41) is 0. The van der Waals surface area contributed by atoms with Crippen LogP contribution in [0.4, 0.5) is 5.69 Å². The van der Waals surface area contributed by atoms with Crippen LogP contribution >= 0.6 is 0 Å². The average molecular weight is 253 g/mol. The highest BCUT2D eigenvalue weighted by Crippen LogP contribution is 2.28. The number of carbonyl (C=O) groups is 1. The SMILES string of the molecule is CB1c2ccccc2C(=O)c2oc(C(C)C)c(N)c21. The largest absolute Gasteiger partial charge is 0.456 e. The van der Waals surface area contributed by atoms with Crippen molar-refractivity contribution < 1.29 is 9.21 Å². The van der Waals surface area contributed by atoms with Crippen molar-refractivity contribution in [1.82, 2.24) is 0 Å². The van der Waals surface area contributed by atoms with E-state index in [2.05, 4.69) is 6.82 Å². The Hall–Kier alpha value is -1.97. The first-order chi connectivity index (χ1) is 9.02. The van der Waals surface area contributed by atoms with Crippen molar-refractivity contribution in [2.45, 2.75) is 26.6 Å². The second kappa shape index (κ2) is 4.02. The Morgan fingerprint density at radius 1 is 1.26 bits per heavy atom. The molecule has 0 fully saturated rings. The second-order valence-corrected chi connectivity index (χ2v) is 5.42. The van der Waals surface area contributed by atoms with Crippen LogP contribution in [0.2, 0.25) is 6.82 Å². The monoisotopic (exact) mass is 253 g/mol. The van der Waals surface area contributed by atoms with E-state index in [-0.39, 0.29) is 18.4 Å². The summed E-state index contributed by atoms with van der Waals surface area (Å²) < 4.78 is 5.76. The molecule has 0 saturated carbocycles. The molecule has 2 aromatic rings. The van der Waals surface area contributed by atoms with Crippen LogP contribution < -0.4 is 16.7 Å². The molecule has 2 N–H and O–H groups in total. The summed E-state index contributed by atoms with van der Waals surface area (Å²) in [6.45, 7) is 6.20. The lowest BCUT2D eigenvalue weighted by Crippen LogP contribution is -2.49. The maximum absolute atomic E-state index is 12.5. The predicted octanol–water partition coefficient (Wildman–Crippen LogP) is 1.77. The molecular weight excluding hydrogens is 237 g/mol. The van der Waals surface area contributed by atoms with Crippen molar-refractivity contribution >= 4 is 29.1 Å².